The van der Waals surface area contributed by atoms with Gasteiger partial charge in [-0.05, 0) is 57.4 Å². The molecule has 0 N–H and O–H groups in total. The van der Waals surface area contributed by atoms with E-state index in [0.717, 1.165) is 25.8 Å². The molecule has 0 amide bonds. The molecule has 0 radical (unpaired) electrons. The highest BCUT2D eigenvalue weighted by atomic mass is 79.9. The van der Waals surface area contributed by atoms with E-state index in [4.69, 9.17) is 9.47 Å². The molecule has 6 heteroatoms. The second kappa shape index (κ2) is 9.12. The van der Waals surface area contributed by atoms with Crippen LogP contribution in [0, 0.1) is 11.3 Å². The number of fused-ring (bicyclic) bond motifs is 1. The van der Waals surface area contributed by atoms with E-state index in [1.165, 1.54) is 11.3 Å². The normalized spacial score (nSPS) is 11.3. The first kappa shape index (κ1) is 20.1. The number of ether oxygens (including phenoxy) is 2. The molecule has 0 bridgehead atoms. The summed E-state index contributed by atoms with van der Waals surface area (Å²) < 4.78 is 13.3. The number of benzene rings is 3. The SMILES string of the molecule is COc1cc(C=C(C#N)c2nc3ccccc3s2)cc(Br)c1OCc1ccccc1. The van der Waals surface area contributed by atoms with Crippen molar-refractivity contribution < 1.29 is 9.47 Å². The highest BCUT2D eigenvalue weighted by molar-refractivity contribution is 9.10. The van der Waals surface area contributed by atoms with Gasteiger partial charge in [0.05, 0.1) is 27.4 Å². The Hall–Kier alpha value is -3.14. The molecule has 0 saturated carbocycles. The predicted molar refractivity (Wildman–Crippen MR) is 125 cm³/mol. The molecule has 1 heterocycles. The Morgan fingerprint density at radius 2 is 1.90 bits per heavy atom. The summed E-state index contributed by atoms with van der Waals surface area (Å²) in [6.07, 6.45) is 1.81. The van der Waals surface area contributed by atoms with Crippen LogP contribution in [0.2, 0.25) is 0 Å². The fraction of sp³-hybridized carbons (Fsp3) is 0.0833. The second-order valence-corrected chi connectivity index (χ2v) is 8.35. The molecule has 0 saturated heterocycles. The Morgan fingerprint density at radius 1 is 1.13 bits per heavy atom. The predicted octanol–water partition coefficient (Wildman–Crippen LogP) is 6.71. The monoisotopic (exact) mass is 476 g/mol. The summed E-state index contributed by atoms with van der Waals surface area (Å²) in [4.78, 5) is 4.59. The zero-order valence-electron chi connectivity index (χ0n) is 16.1. The van der Waals surface area contributed by atoms with E-state index in [-0.39, 0.29) is 0 Å². The van der Waals surface area contributed by atoms with Crippen molar-refractivity contribution in [3.63, 3.8) is 0 Å². The molecule has 0 fully saturated rings. The minimum absolute atomic E-state index is 0.431. The standard InChI is InChI=1S/C24H17BrN2O2S/c1-28-21-13-17(12-19(25)23(21)29-15-16-7-3-2-4-8-16)11-18(14-26)24-27-20-9-5-6-10-22(20)30-24/h2-13H,15H2,1H3. The Morgan fingerprint density at radius 3 is 2.63 bits per heavy atom. The summed E-state index contributed by atoms with van der Waals surface area (Å²) in [7, 11) is 1.60. The lowest BCUT2D eigenvalue weighted by Crippen LogP contribution is -1.99. The average Bonchev–Trinajstić information content (AvgIpc) is 3.21. The summed E-state index contributed by atoms with van der Waals surface area (Å²) in [5.74, 6) is 1.21. The Balaban J connectivity index is 1.65. The molecule has 148 valence electrons. The van der Waals surface area contributed by atoms with Crippen LogP contribution < -0.4 is 9.47 Å². The number of aromatic nitrogens is 1. The Bertz CT molecular complexity index is 1230. The smallest absolute Gasteiger partial charge is 0.175 e. The summed E-state index contributed by atoms with van der Waals surface area (Å²) in [5, 5.41) is 10.4. The van der Waals surface area contributed by atoms with Gasteiger partial charge < -0.3 is 9.47 Å². The summed E-state index contributed by atoms with van der Waals surface area (Å²) >= 11 is 5.08. The summed E-state index contributed by atoms with van der Waals surface area (Å²) in [6, 6.07) is 23.8. The molecule has 3 aromatic carbocycles. The van der Waals surface area contributed by atoms with E-state index < -0.39 is 0 Å². The first-order chi connectivity index (χ1) is 14.7. The minimum Gasteiger partial charge on any atom is -0.493 e. The van der Waals surface area contributed by atoms with Crippen LogP contribution >= 0.6 is 27.3 Å². The van der Waals surface area contributed by atoms with Crippen LogP contribution in [0.1, 0.15) is 16.1 Å². The van der Waals surface area contributed by atoms with E-state index in [9.17, 15) is 5.26 Å². The number of nitrogens with zero attached hydrogens (tertiary/aromatic N) is 2. The molecule has 0 spiro atoms. The van der Waals surface area contributed by atoms with Gasteiger partial charge in [-0.25, -0.2) is 4.98 Å². The molecule has 0 atom stereocenters. The lowest BCUT2D eigenvalue weighted by atomic mass is 10.1. The number of hydrogen-bond acceptors (Lipinski definition) is 5. The first-order valence-corrected chi connectivity index (χ1v) is 10.8. The number of methoxy groups -OCH3 is 1. The number of nitriles is 1. The van der Waals surface area contributed by atoms with Gasteiger partial charge in [-0.1, -0.05) is 42.5 Å². The quantitative estimate of drug-likeness (QED) is 0.290. The van der Waals surface area contributed by atoms with Crippen molar-refractivity contribution in [3.8, 4) is 17.6 Å². The molecule has 4 rings (SSSR count). The molecular weight excluding hydrogens is 460 g/mol. The van der Waals surface area contributed by atoms with Crippen LogP contribution in [0.4, 0.5) is 0 Å². The van der Waals surface area contributed by atoms with Crippen molar-refractivity contribution in [3.05, 3.63) is 87.3 Å². The van der Waals surface area contributed by atoms with Gasteiger partial charge in [0, 0.05) is 0 Å². The van der Waals surface area contributed by atoms with E-state index in [1.807, 2.05) is 72.8 Å². The molecule has 4 aromatic rings. The average molecular weight is 477 g/mol. The topological polar surface area (TPSA) is 55.1 Å². The van der Waals surface area contributed by atoms with Crippen LogP contribution in [-0.4, -0.2) is 12.1 Å². The van der Waals surface area contributed by atoms with Crippen molar-refractivity contribution in [2.75, 3.05) is 7.11 Å². The summed E-state index contributed by atoms with van der Waals surface area (Å²) in [6.45, 7) is 0.431. The molecule has 0 aliphatic rings. The van der Waals surface area contributed by atoms with Crippen LogP contribution in [0.15, 0.2) is 71.2 Å². The highest BCUT2D eigenvalue weighted by Gasteiger charge is 2.14. The molecule has 30 heavy (non-hydrogen) atoms. The molecular formula is C24H17BrN2O2S. The third kappa shape index (κ3) is 4.38. The van der Waals surface area contributed by atoms with Crippen molar-refractivity contribution in [1.29, 1.82) is 5.26 Å². The van der Waals surface area contributed by atoms with Crippen molar-refractivity contribution in [2.45, 2.75) is 6.61 Å². The Labute approximate surface area is 187 Å². The fourth-order valence-corrected chi connectivity index (χ4v) is 4.49. The number of rotatable bonds is 6. The summed E-state index contributed by atoms with van der Waals surface area (Å²) in [5.41, 5.74) is 3.28. The maximum atomic E-state index is 9.71. The fourth-order valence-electron chi connectivity index (χ4n) is 2.99. The number of halogens is 1. The number of para-hydroxylation sites is 1. The van der Waals surface area contributed by atoms with Crippen LogP contribution in [-0.2, 0) is 6.61 Å². The van der Waals surface area contributed by atoms with Gasteiger partial charge in [-0.15, -0.1) is 11.3 Å². The molecule has 0 aliphatic carbocycles. The first-order valence-electron chi connectivity index (χ1n) is 9.20. The van der Waals surface area contributed by atoms with E-state index in [1.54, 1.807) is 7.11 Å². The highest BCUT2D eigenvalue weighted by Crippen LogP contribution is 2.38. The van der Waals surface area contributed by atoms with Crippen LogP contribution in [0.25, 0.3) is 21.9 Å². The second-order valence-electron chi connectivity index (χ2n) is 6.46. The third-order valence-electron chi connectivity index (χ3n) is 4.43. The largest absolute Gasteiger partial charge is 0.493 e. The van der Waals surface area contributed by atoms with Crippen LogP contribution in [0.5, 0.6) is 11.5 Å². The van der Waals surface area contributed by atoms with Gasteiger partial charge in [0.25, 0.3) is 0 Å². The number of thiazole rings is 1. The van der Waals surface area contributed by atoms with Crippen molar-refractivity contribution in [2.24, 2.45) is 0 Å². The van der Waals surface area contributed by atoms with Gasteiger partial charge >= 0.3 is 0 Å². The van der Waals surface area contributed by atoms with Gasteiger partial charge in [0.1, 0.15) is 17.7 Å². The number of hydrogen-bond donors (Lipinski definition) is 0. The maximum Gasteiger partial charge on any atom is 0.175 e. The molecule has 1 aromatic heterocycles. The Kier molecular flexibility index (Phi) is 6.12. The molecule has 0 unspecified atom stereocenters. The zero-order valence-corrected chi connectivity index (χ0v) is 18.5. The molecule has 0 aliphatic heterocycles. The lowest BCUT2D eigenvalue weighted by Gasteiger charge is -2.14. The third-order valence-corrected chi connectivity index (χ3v) is 6.09. The van der Waals surface area contributed by atoms with Gasteiger partial charge in [0.15, 0.2) is 11.5 Å². The maximum absolute atomic E-state index is 9.71. The van der Waals surface area contributed by atoms with Gasteiger partial charge in [-0.2, -0.15) is 5.26 Å². The van der Waals surface area contributed by atoms with Crippen LogP contribution in [0.3, 0.4) is 0 Å². The molecule has 4 nitrogen and oxygen atoms in total. The lowest BCUT2D eigenvalue weighted by molar-refractivity contribution is 0.282. The van der Waals surface area contributed by atoms with E-state index in [2.05, 4.69) is 27.0 Å². The van der Waals surface area contributed by atoms with E-state index in [0.29, 0.717) is 28.7 Å². The number of allylic oxidation sites excluding steroid dienone is 1. The van der Waals surface area contributed by atoms with E-state index >= 15 is 0 Å². The zero-order chi connectivity index (χ0) is 20.9. The minimum atomic E-state index is 0.431. The van der Waals surface area contributed by atoms with Gasteiger partial charge in [0.2, 0.25) is 0 Å². The van der Waals surface area contributed by atoms with Gasteiger partial charge in [-0.3, -0.25) is 0 Å². The van der Waals surface area contributed by atoms with Crippen molar-refractivity contribution >= 4 is 49.1 Å². The van der Waals surface area contributed by atoms with Crippen molar-refractivity contribution in [1.82, 2.24) is 4.98 Å².